The second kappa shape index (κ2) is 5.04. The lowest BCUT2D eigenvalue weighted by Gasteiger charge is -2.02. The molecule has 3 aromatic rings. The SMILES string of the molecule is CC(=O)Nc1c(C(=O)Nc2nnn[nH]2)oc2ccccc12. The number of para-hydroxylation sites is 1. The Morgan fingerprint density at radius 2 is 2.05 bits per heavy atom. The van der Waals surface area contributed by atoms with Crippen LogP contribution in [0.2, 0.25) is 0 Å². The van der Waals surface area contributed by atoms with E-state index < -0.39 is 5.91 Å². The number of fused-ring (bicyclic) bond motifs is 1. The van der Waals surface area contributed by atoms with Gasteiger partial charge in [-0.1, -0.05) is 17.2 Å². The van der Waals surface area contributed by atoms with Gasteiger partial charge in [0.2, 0.25) is 17.6 Å². The summed E-state index contributed by atoms with van der Waals surface area (Å²) in [6, 6.07) is 7.00. The summed E-state index contributed by atoms with van der Waals surface area (Å²) in [6.45, 7) is 1.35. The van der Waals surface area contributed by atoms with Crippen LogP contribution in [0.3, 0.4) is 0 Å². The highest BCUT2D eigenvalue weighted by molar-refractivity contribution is 6.13. The lowest BCUT2D eigenvalue weighted by Crippen LogP contribution is -2.16. The van der Waals surface area contributed by atoms with Crippen molar-refractivity contribution in [3.8, 4) is 0 Å². The number of carbonyl (C=O) groups excluding carboxylic acids is 2. The van der Waals surface area contributed by atoms with Gasteiger partial charge in [0, 0.05) is 12.3 Å². The molecule has 0 aliphatic heterocycles. The number of nitrogens with zero attached hydrogens (tertiary/aromatic N) is 3. The van der Waals surface area contributed by atoms with Crippen LogP contribution >= 0.6 is 0 Å². The lowest BCUT2D eigenvalue weighted by molar-refractivity contribution is -0.114. The normalized spacial score (nSPS) is 10.5. The fraction of sp³-hybridized carbons (Fsp3) is 0.0833. The highest BCUT2D eigenvalue weighted by Crippen LogP contribution is 2.31. The van der Waals surface area contributed by atoms with Crippen LogP contribution in [0, 0.1) is 0 Å². The van der Waals surface area contributed by atoms with Crippen molar-refractivity contribution in [1.82, 2.24) is 20.6 Å². The van der Waals surface area contributed by atoms with E-state index in [2.05, 4.69) is 31.3 Å². The summed E-state index contributed by atoms with van der Waals surface area (Å²) in [4.78, 5) is 23.5. The number of amides is 2. The number of aromatic amines is 1. The molecule has 0 atom stereocenters. The lowest BCUT2D eigenvalue weighted by atomic mass is 10.2. The monoisotopic (exact) mass is 286 g/mol. The minimum absolute atomic E-state index is 0.0252. The summed E-state index contributed by atoms with van der Waals surface area (Å²) in [5.74, 6) is -0.831. The third kappa shape index (κ3) is 2.43. The van der Waals surface area contributed by atoms with Crippen LogP contribution in [-0.4, -0.2) is 32.4 Å². The van der Waals surface area contributed by atoms with Crippen LogP contribution in [0.1, 0.15) is 17.5 Å². The highest BCUT2D eigenvalue weighted by Gasteiger charge is 2.22. The Hall–Kier alpha value is -3.23. The molecule has 0 aliphatic rings. The van der Waals surface area contributed by atoms with Gasteiger partial charge in [0.05, 0.1) is 0 Å². The average molecular weight is 286 g/mol. The van der Waals surface area contributed by atoms with Gasteiger partial charge in [-0.05, 0) is 22.6 Å². The maximum Gasteiger partial charge on any atom is 0.296 e. The predicted molar refractivity (Wildman–Crippen MR) is 72.6 cm³/mol. The van der Waals surface area contributed by atoms with E-state index in [4.69, 9.17) is 4.42 Å². The molecule has 2 amide bonds. The summed E-state index contributed by atoms with van der Waals surface area (Å²) in [7, 11) is 0. The molecule has 2 heterocycles. The van der Waals surface area contributed by atoms with Gasteiger partial charge in [0.15, 0.2) is 0 Å². The van der Waals surface area contributed by atoms with E-state index >= 15 is 0 Å². The van der Waals surface area contributed by atoms with Crippen LogP contribution in [0.15, 0.2) is 28.7 Å². The number of benzene rings is 1. The molecule has 0 unspecified atom stereocenters. The number of tetrazole rings is 1. The van der Waals surface area contributed by atoms with E-state index in [0.29, 0.717) is 16.7 Å². The van der Waals surface area contributed by atoms with Gasteiger partial charge in [-0.25, -0.2) is 5.10 Å². The van der Waals surface area contributed by atoms with E-state index in [1.807, 2.05) is 0 Å². The first-order valence-electron chi connectivity index (χ1n) is 5.99. The van der Waals surface area contributed by atoms with Gasteiger partial charge >= 0.3 is 0 Å². The summed E-state index contributed by atoms with van der Waals surface area (Å²) in [5.41, 5.74) is 0.796. The number of nitrogens with one attached hydrogen (secondary N) is 3. The minimum atomic E-state index is -0.575. The number of hydrogen-bond acceptors (Lipinski definition) is 6. The maximum absolute atomic E-state index is 12.2. The molecule has 106 valence electrons. The number of rotatable bonds is 3. The molecule has 0 spiro atoms. The molecule has 0 saturated carbocycles. The Bertz CT molecular complexity index is 808. The molecule has 0 fully saturated rings. The molecule has 0 saturated heterocycles. The number of aromatic nitrogens is 4. The number of anilines is 2. The summed E-state index contributed by atoms with van der Waals surface area (Å²) < 4.78 is 5.50. The third-order valence-electron chi connectivity index (χ3n) is 2.68. The Kier molecular flexibility index (Phi) is 3.07. The molecule has 3 rings (SSSR count). The van der Waals surface area contributed by atoms with Crippen molar-refractivity contribution in [3.63, 3.8) is 0 Å². The van der Waals surface area contributed by atoms with Crippen molar-refractivity contribution in [3.05, 3.63) is 30.0 Å². The van der Waals surface area contributed by atoms with E-state index in [9.17, 15) is 9.59 Å². The summed E-state index contributed by atoms with van der Waals surface area (Å²) >= 11 is 0. The molecule has 3 N–H and O–H groups in total. The van der Waals surface area contributed by atoms with Crippen molar-refractivity contribution in [2.75, 3.05) is 10.6 Å². The zero-order chi connectivity index (χ0) is 14.8. The maximum atomic E-state index is 12.2. The average Bonchev–Trinajstić information content (AvgIpc) is 3.07. The summed E-state index contributed by atoms with van der Waals surface area (Å²) in [5, 5.41) is 18.3. The van der Waals surface area contributed by atoms with Crippen LogP contribution in [-0.2, 0) is 4.79 Å². The second-order valence-corrected chi connectivity index (χ2v) is 4.19. The van der Waals surface area contributed by atoms with Gasteiger partial charge in [-0.15, -0.1) is 0 Å². The van der Waals surface area contributed by atoms with Crippen LogP contribution in [0.4, 0.5) is 11.6 Å². The van der Waals surface area contributed by atoms with Gasteiger partial charge in [-0.2, -0.15) is 0 Å². The van der Waals surface area contributed by atoms with E-state index in [1.165, 1.54) is 6.92 Å². The zero-order valence-corrected chi connectivity index (χ0v) is 10.9. The largest absolute Gasteiger partial charge is 0.449 e. The Labute approximate surface area is 117 Å². The topological polar surface area (TPSA) is 126 Å². The number of carbonyl (C=O) groups is 2. The van der Waals surface area contributed by atoms with Crippen molar-refractivity contribution >= 4 is 34.4 Å². The number of hydrogen-bond donors (Lipinski definition) is 3. The number of H-pyrrole nitrogens is 1. The quantitative estimate of drug-likeness (QED) is 0.663. The Morgan fingerprint density at radius 3 is 2.76 bits per heavy atom. The van der Waals surface area contributed by atoms with Crippen LogP contribution < -0.4 is 10.6 Å². The van der Waals surface area contributed by atoms with Crippen LogP contribution in [0.5, 0.6) is 0 Å². The molecule has 0 aliphatic carbocycles. The molecule has 21 heavy (non-hydrogen) atoms. The van der Waals surface area contributed by atoms with Gasteiger partial charge in [0.1, 0.15) is 11.3 Å². The fourth-order valence-corrected chi connectivity index (χ4v) is 1.88. The summed E-state index contributed by atoms with van der Waals surface area (Å²) in [6.07, 6.45) is 0. The van der Waals surface area contributed by atoms with E-state index in [1.54, 1.807) is 24.3 Å². The van der Waals surface area contributed by atoms with Crippen molar-refractivity contribution in [2.45, 2.75) is 6.92 Å². The first kappa shape index (κ1) is 12.8. The molecule has 1 aromatic carbocycles. The molecule has 0 bridgehead atoms. The van der Waals surface area contributed by atoms with Gasteiger partial charge in [-0.3, -0.25) is 14.9 Å². The fourth-order valence-electron chi connectivity index (χ4n) is 1.88. The number of furan rings is 1. The zero-order valence-electron chi connectivity index (χ0n) is 10.9. The molecule has 2 aromatic heterocycles. The van der Waals surface area contributed by atoms with Crippen molar-refractivity contribution in [1.29, 1.82) is 0 Å². The van der Waals surface area contributed by atoms with Gasteiger partial charge < -0.3 is 9.73 Å². The van der Waals surface area contributed by atoms with Gasteiger partial charge in [0.25, 0.3) is 5.91 Å². The van der Waals surface area contributed by atoms with Crippen molar-refractivity contribution in [2.24, 2.45) is 0 Å². The first-order chi connectivity index (χ1) is 10.1. The molecule has 0 radical (unpaired) electrons. The van der Waals surface area contributed by atoms with Crippen molar-refractivity contribution < 1.29 is 14.0 Å². The van der Waals surface area contributed by atoms with E-state index in [0.717, 1.165) is 0 Å². The minimum Gasteiger partial charge on any atom is -0.449 e. The molecule has 9 heteroatoms. The smallest absolute Gasteiger partial charge is 0.296 e. The second-order valence-electron chi connectivity index (χ2n) is 4.19. The standard InChI is InChI=1S/C12H10N6O3/c1-6(19)13-9-7-4-2-3-5-8(7)21-10(9)11(20)14-12-15-17-18-16-12/h2-5H,1H3,(H,13,19)(H2,14,15,16,17,18,20). The molecular formula is C12H10N6O3. The Morgan fingerprint density at radius 1 is 1.24 bits per heavy atom. The first-order valence-corrected chi connectivity index (χ1v) is 5.99. The molecular weight excluding hydrogens is 276 g/mol. The van der Waals surface area contributed by atoms with E-state index in [-0.39, 0.29) is 17.6 Å². The predicted octanol–water partition coefficient (Wildman–Crippen LogP) is 1.16. The molecule has 9 nitrogen and oxygen atoms in total. The van der Waals surface area contributed by atoms with Crippen LogP contribution in [0.25, 0.3) is 11.0 Å². The Balaban J connectivity index is 2.03. The third-order valence-corrected chi connectivity index (χ3v) is 2.68. The highest BCUT2D eigenvalue weighted by atomic mass is 16.3.